The Bertz CT molecular complexity index is 672. The number of carbonyl (C=O) groups is 1. The van der Waals surface area contributed by atoms with Crippen molar-refractivity contribution in [2.75, 3.05) is 0 Å². The summed E-state index contributed by atoms with van der Waals surface area (Å²) in [5, 5.41) is 9.39. The molecule has 4 aliphatic rings. The van der Waals surface area contributed by atoms with Gasteiger partial charge in [0.05, 0.1) is 5.92 Å². The second-order valence-corrected chi connectivity index (χ2v) is 10.4. The summed E-state index contributed by atoms with van der Waals surface area (Å²) in [6.07, 6.45) is 7.76. The van der Waals surface area contributed by atoms with Gasteiger partial charge in [-0.2, -0.15) is 13.2 Å². The lowest BCUT2D eigenvalue weighted by atomic mass is 9.83. The molecule has 1 N–H and O–H groups in total. The summed E-state index contributed by atoms with van der Waals surface area (Å²) in [6, 6.07) is 0. The van der Waals surface area contributed by atoms with Crippen LogP contribution in [0.2, 0.25) is 0 Å². The maximum atomic E-state index is 12.5. The predicted octanol–water partition coefficient (Wildman–Crippen LogP) is 5.44. The van der Waals surface area contributed by atoms with Crippen LogP contribution >= 0.6 is 0 Å². The molecule has 0 heterocycles. The minimum absolute atomic E-state index is 0.00313. The molecule has 7 unspecified atom stereocenters. The van der Waals surface area contributed by atoms with E-state index >= 15 is 0 Å². The molecule has 4 rings (SSSR count). The number of hydrogen-bond acceptors (Lipinski definition) is 3. The summed E-state index contributed by atoms with van der Waals surface area (Å²) in [5.74, 6) is 1.91. The van der Waals surface area contributed by atoms with Crippen LogP contribution in [0.4, 0.5) is 13.2 Å². The first-order valence-corrected chi connectivity index (χ1v) is 10.6. The van der Waals surface area contributed by atoms with Gasteiger partial charge in [0.25, 0.3) is 0 Å². The fraction of sp³-hybridized carbons (Fsp3) is 0.783. The standard InChI is InChI=1S/C12H18O2.C11H15F3O/c1-12(2,3)14-11(13)10-7-8-4-5-9(10)6-8;1-10(15,11(12,13)14)6-9-5-7-2-3-8(9)4-7/h4-5,8-10H,6-7H2,1-3H3;2-3,7-9,15H,4-6H2,1H3. The van der Waals surface area contributed by atoms with Crippen molar-refractivity contribution in [3.05, 3.63) is 24.3 Å². The fourth-order valence-electron chi connectivity index (χ4n) is 5.18. The molecule has 29 heavy (non-hydrogen) atoms. The third-order valence-electron chi connectivity index (χ3n) is 6.68. The van der Waals surface area contributed by atoms with E-state index in [1.54, 1.807) is 0 Å². The van der Waals surface area contributed by atoms with Crippen LogP contribution in [0.15, 0.2) is 24.3 Å². The third kappa shape index (κ3) is 5.25. The Balaban J connectivity index is 0.000000166. The monoisotopic (exact) mass is 414 g/mol. The van der Waals surface area contributed by atoms with Crippen molar-refractivity contribution in [1.82, 2.24) is 0 Å². The second-order valence-electron chi connectivity index (χ2n) is 10.4. The van der Waals surface area contributed by atoms with Crippen molar-refractivity contribution >= 4 is 5.97 Å². The number of hydrogen-bond donors (Lipinski definition) is 1. The predicted molar refractivity (Wildman–Crippen MR) is 105 cm³/mol. The zero-order chi connectivity index (χ0) is 21.6. The molecule has 0 aromatic rings. The quantitative estimate of drug-likeness (QED) is 0.494. The topological polar surface area (TPSA) is 46.5 Å². The molecule has 4 bridgehead atoms. The first kappa shape index (κ1) is 22.4. The number of carbonyl (C=O) groups excluding carboxylic acids is 1. The Morgan fingerprint density at radius 1 is 0.931 bits per heavy atom. The van der Waals surface area contributed by atoms with Crippen molar-refractivity contribution in [2.45, 2.75) is 77.2 Å². The molecule has 2 fully saturated rings. The average Bonchev–Trinajstić information content (AvgIpc) is 3.33. The van der Waals surface area contributed by atoms with Gasteiger partial charge in [0.1, 0.15) is 5.60 Å². The van der Waals surface area contributed by atoms with Crippen LogP contribution in [0.25, 0.3) is 0 Å². The van der Waals surface area contributed by atoms with Crippen LogP contribution in [-0.4, -0.2) is 28.5 Å². The maximum Gasteiger partial charge on any atom is 0.416 e. The molecule has 4 aliphatic carbocycles. The third-order valence-corrected chi connectivity index (χ3v) is 6.68. The first-order chi connectivity index (χ1) is 13.2. The van der Waals surface area contributed by atoms with Crippen molar-refractivity contribution in [3.63, 3.8) is 0 Å². The van der Waals surface area contributed by atoms with E-state index in [2.05, 4.69) is 18.2 Å². The van der Waals surface area contributed by atoms with Crippen LogP contribution in [-0.2, 0) is 9.53 Å². The van der Waals surface area contributed by atoms with Crippen LogP contribution in [0.5, 0.6) is 0 Å². The number of fused-ring (bicyclic) bond motifs is 4. The minimum Gasteiger partial charge on any atom is -0.460 e. The largest absolute Gasteiger partial charge is 0.460 e. The molecule has 0 radical (unpaired) electrons. The molecule has 0 aromatic heterocycles. The SMILES string of the molecule is CC(C)(C)OC(=O)C1CC2C=CC1C2.CC(O)(CC1CC2C=CC1C2)C(F)(F)F. The lowest BCUT2D eigenvalue weighted by molar-refractivity contribution is -0.259. The first-order valence-electron chi connectivity index (χ1n) is 10.6. The summed E-state index contributed by atoms with van der Waals surface area (Å²) >= 11 is 0. The summed E-state index contributed by atoms with van der Waals surface area (Å²) in [7, 11) is 0. The van der Waals surface area contributed by atoms with E-state index in [4.69, 9.17) is 4.74 Å². The molecule has 3 nitrogen and oxygen atoms in total. The molecule has 2 saturated carbocycles. The average molecular weight is 415 g/mol. The Hall–Kier alpha value is -1.30. The summed E-state index contributed by atoms with van der Waals surface area (Å²) in [5.41, 5.74) is -2.88. The zero-order valence-electron chi connectivity index (χ0n) is 17.7. The highest BCUT2D eigenvalue weighted by atomic mass is 19.4. The Morgan fingerprint density at radius 2 is 1.48 bits per heavy atom. The van der Waals surface area contributed by atoms with Gasteiger partial charge in [0.2, 0.25) is 0 Å². The Kier molecular flexibility index (Phi) is 5.98. The van der Waals surface area contributed by atoms with Crippen molar-refractivity contribution < 1.29 is 27.8 Å². The highest BCUT2D eigenvalue weighted by Gasteiger charge is 2.52. The van der Waals surface area contributed by atoms with E-state index in [0.29, 0.717) is 17.8 Å². The van der Waals surface area contributed by atoms with Crippen LogP contribution in [0.3, 0.4) is 0 Å². The summed E-state index contributed by atoms with van der Waals surface area (Å²) in [4.78, 5) is 11.8. The molecule has 164 valence electrons. The Morgan fingerprint density at radius 3 is 1.86 bits per heavy atom. The summed E-state index contributed by atoms with van der Waals surface area (Å²) < 4.78 is 42.8. The smallest absolute Gasteiger partial charge is 0.416 e. The van der Waals surface area contributed by atoms with E-state index < -0.39 is 11.8 Å². The van der Waals surface area contributed by atoms with Crippen LogP contribution in [0.1, 0.15) is 59.8 Å². The lowest BCUT2D eigenvalue weighted by Gasteiger charge is -2.31. The molecule has 6 heteroatoms. The van der Waals surface area contributed by atoms with E-state index in [-0.39, 0.29) is 35.7 Å². The van der Waals surface area contributed by atoms with E-state index in [0.717, 1.165) is 32.6 Å². The number of esters is 1. The highest BCUT2D eigenvalue weighted by Crippen LogP contribution is 2.48. The van der Waals surface area contributed by atoms with E-state index in [9.17, 15) is 23.1 Å². The molecule has 7 atom stereocenters. The second kappa shape index (κ2) is 7.75. The van der Waals surface area contributed by atoms with Crippen molar-refractivity contribution in [2.24, 2.45) is 35.5 Å². The molecule has 0 aromatic carbocycles. The van der Waals surface area contributed by atoms with Gasteiger partial charge in [-0.25, -0.2) is 0 Å². The fourth-order valence-corrected chi connectivity index (χ4v) is 5.18. The molecule has 0 spiro atoms. The molecule has 0 aliphatic heterocycles. The maximum absolute atomic E-state index is 12.5. The van der Waals surface area contributed by atoms with Gasteiger partial charge < -0.3 is 9.84 Å². The highest BCUT2D eigenvalue weighted by molar-refractivity contribution is 5.74. The van der Waals surface area contributed by atoms with Crippen LogP contribution in [0, 0.1) is 35.5 Å². The van der Waals surface area contributed by atoms with Gasteiger partial charge in [-0.1, -0.05) is 24.3 Å². The molecule has 0 saturated heterocycles. The molecule has 0 amide bonds. The van der Waals surface area contributed by atoms with Gasteiger partial charge in [-0.15, -0.1) is 0 Å². The zero-order valence-corrected chi connectivity index (χ0v) is 17.7. The number of ether oxygens (including phenoxy) is 1. The molecular formula is C23H33F3O3. The number of aliphatic hydroxyl groups is 1. The van der Waals surface area contributed by atoms with Crippen molar-refractivity contribution in [1.29, 1.82) is 0 Å². The van der Waals surface area contributed by atoms with Gasteiger partial charge in [0.15, 0.2) is 5.60 Å². The van der Waals surface area contributed by atoms with Gasteiger partial charge in [0, 0.05) is 0 Å². The number of halogens is 3. The van der Waals surface area contributed by atoms with Gasteiger partial charge in [-0.05, 0) is 89.4 Å². The van der Waals surface area contributed by atoms with Crippen LogP contribution < -0.4 is 0 Å². The number of allylic oxidation sites excluding steroid dienone is 4. The minimum atomic E-state index is -4.52. The molecular weight excluding hydrogens is 381 g/mol. The van der Waals surface area contributed by atoms with E-state index in [1.807, 2.05) is 26.8 Å². The summed E-state index contributed by atoms with van der Waals surface area (Å²) in [6.45, 7) is 6.65. The van der Waals surface area contributed by atoms with Gasteiger partial charge >= 0.3 is 12.1 Å². The van der Waals surface area contributed by atoms with Crippen molar-refractivity contribution in [3.8, 4) is 0 Å². The number of rotatable bonds is 3. The van der Waals surface area contributed by atoms with Gasteiger partial charge in [-0.3, -0.25) is 4.79 Å². The number of alkyl halides is 3. The Labute approximate surface area is 171 Å². The van der Waals surface area contributed by atoms with E-state index in [1.165, 1.54) is 0 Å². The lowest BCUT2D eigenvalue weighted by Crippen LogP contribution is -2.44. The normalized spacial score (nSPS) is 36.7.